The molecule has 0 bridgehead atoms. The van der Waals surface area contributed by atoms with Gasteiger partial charge in [-0.1, -0.05) is 20.8 Å². The highest BCUT2D eigenvalue weighted by atomic mass is 16.5. The Kier molecular flexibility index (Phi) is 5.25. The average Bonchev–Trinajstić information content (AvgIpc) is 2.33. The molecule has 5 heteroatoms. The summed E-state index contributed by atoms with van der Waals surface area (Å²) in [6.07, 6.45) is 2.49. The van der Waals surface area contributed by atoms with Gasteiger partial charge in [0.1, 0.15) is 0 Å². The van der Waals surface area contributed by atoms with Crippen molar-refractivity contribution in [3.8, 4) is 0 Å². The highest BCUT2D eigenvalue weighted by Gasteiger charge is 2.09. The van der Waals surface area contributed by atoms with E-state index in [1.54, 1.807) is 12.1 Å². The van der Waals surface area contributed by atoms with Crippen LogP contribution in [0.5, 0.6) is 0 Å². The number of carbonyl (C=O) groups is 1. The number of rotatable bonds is 5. The minimum absolute atomic E-state index is 0.274. The van der Waals surface area contributed by atoms with Gasteiger partial charge in [0, 0.05) is 12.8 Å². The minimum Gasteiger partial charge on any atom is -0.375 e. The second-order valence-electron chi connectivity index (χ2n) is 5.37. The molecule has 0 aromatic carbocycles. The molecule has 0 aliphatic heterocycles. The Morgan fingerprint density at radius 2 is 2.17 bits per heavy atom. The average molecular weight is 251 g/mol. The van der Waals surface area contributed by atoms with Crippen molar-refractivity contribution in [1.82, 2.24) is 10.4 Å². The summed E-state index contributed by atoms with van der Waals surface area (Å²) in [7, 11) is 0. The van der Waals surface area contributed by atoms with Gasteiger partial charge in [0.05, 0.1) is 17.9 Å². The molecule has 0 atom stereocenters. The second-order valence-corrected chi connectivity index (χ2v) is 5.37. The lowest BCUT2D eigenvalue weighted by atomic mass is 9.93. The third-order valence-corrected chi connectivity index (χ3v) is 2.46. The fourth-order valence-electron chi connectivity index (χ4n) is 1.28. The van der Waals surface area contributed by atoms with E-state index in [0.717, 1.165) is 12.1 Å². The summed E-state index contributed by atoms with van der Waals surface area (Å²) in [6, 6.07) is 3.44. The first-order valence-electron chi connectivity index (χ1n) is 5.96. The summed E-state index contributed by atoms with van der Waals surface area (Å²) in [6.45, 7) is 7.69. The number of nitrogens with zero attached hydrogens (tertiary/aromatic N) is 1. The molecule has 100 valence electrons. The zero-order valence-corrected chi connectivity index (χ0v) is 11.2. The maximum atomic E-state index is 11.2. The van der Waals surface area contributed by atoms with Gasteiger partial charge in [0.2, 0.25) is 0 Å². The standard InChI is InChI=1S/C13H21N3O2/c1-13(2,3)6-7-18-9-11-5-4-10(8-15-11)12(17)16-14/h4-5,8H,6-7,9,14H2,1-3H3,(H,16,17). The third kappa shape index (κ3) is 5.25. The van der Waals surface area contributed by atoms with Crippen LogP contribution in [-0.2, 0) is 11.3 Å². The third-order valence-electron chi connectivity index (χ3n) is 2.46. The molecule has 0 spiro atoms. The van der Waals surface area contributed by atoms with Gasteiger partial charge in [-0.2, -0.15) is 0 Å². The Hall–Kier alpha value is -1.46. The zero-order chi connectivity index (χ0) is 13.6. The van der Waals surface area contributed by atoms with Gasteiger partial charge < -0.3 is 4.74 Å². The fourth-order valence-corrected chi connectivity index (χ4v) is 1.28. The van der Waals surface area contributed by atoms with E-state index in [1.807, 2.05) is 0 Å². The topological polar surface area (TPSA) is 77.2 Å². The molecule has 1 aromatic rings. The van der Waals surface area contributed by atoms with E-state index < -0.39 is 0 Å². The molecule has 0 saturated heterocycles. The molecule has 1 heterocycles. The minimum atomic E-state index is -0.345. The Labute approximate surface area is 108 Å². The molecule has 1 aromatic heterocycles. The Bertz CT molecular complexity index is 382. The van der Waals surface area contributed by atoms with Crippen LogP contribution in [0.15, 0.2) is 18.3 Å². The Balaban J connectivity index is 2.38. The highest BCUT2D eigenvalue weighted by Crippen LogP contribution is 2.18. The van der Waals surface area contributed by atoms with Gasteiger partial charge in [-0.05, 0) is 24.0 Å². The number of nitrogen functional groups attached to an aromatic ring is 1. The summed E-state index contributed by atoms with van der Waals surface area (Å²) in [5.41, 5.74) is 3.58. The van der Waals surface area contributed by atoms with E-state index >= 15 is 0 Å². The van der Waals surface area contributed by atoms with E-state index in [2.05, 4.69) is 31.2 Å². The number of carbonyl (C=O) groups excluding carboxylic acids is 1. The number of pyridine rings is 1. The van der Waals surface area contributed by atoms with Crippen LogP contribution in [0.1, 0.15) is 43.2 Å². The van der Waals surface area contributed by atoms with Crippen LogP contribution in [0, 0.1) is 5.41 Å². The maximum absolute atomic E-state index is 11.2. The zero-order valence-electron chi connectivity index (χ0n) is 11.2. The molecule has 18 heavy (non-hydrogen) atoms. The van der Waals surface area contributed by atoms with Gasteiger partial charge in [-0.3, -0.25) is 15.2 Å². The van der Waals surface area contributed by atoms with Gasteiger partial charge in [-0.25, -0.2) is 5.84 Å². The van der Waals surface area contributed by atoms with Crippen LogP contribution in [0.4, 0.5) is 0 Å². The van der Waals surface area contributed by atoms with Crippen LogP contribution in [0.3, 0.4) is 0 Å². The molecule has 1 rings (SSSR count). The fraction of sp³-hybridized carbons (Fsp3) is 0.538. The number of nitrogens with one attached hydrogen (secondary N) is 1. The van der Waals surface area contributed by atoms with Gasteiger partial charge in [0.15, 0.2) is 0 Å². The van der Waals surface area contributed by atoms with Crippen LogP contribution in [-0.4, -0.2) is 17.5 Å². The number of hydrazine groups is 1. The molecule has 3 N–H and O–H groups in total. The van der Waals surface area contributed by atoms with Crippen molar-refractivity contribution in [2.45, 2.75) is 33.8 Å². The molecule has 5 nitrogen and oxygen atoms in total. The first kappa shape index (κ1) is 14.6. The Morgan fingerprint density at radius 1 is 1.44 bits per heavy atom. The number of hydrogen-bond donors (Lipinski definition) is 2. The van der Waals surface area contributed by atoms with Gasteiger partial charge in [0.25, 0.3) is 5.91 Å². The lowest BCUT2D eigenvalue weighted by molar-refractivity contribution is 0.0932. The smallest absolute Gasteiger partial charge is 0.266 e. The van der Waals surface area contributed by atoms with Crippen molar-refractivity contribution < 1.29 is 9.53 Å². The lowest BCUT2D eigenvalue weighted by Crippen LogP contribution is -2.30. The quantitative estimate of drug-likeness (QED) is 0.361. The molecule has 0 unspecified atom stereocenters. The molecule has 0 aliphatic rings. The predicted octanol–water partition coefficient (Wildman–Crippen LogP) is 1.64. The van der Waals surface area contributed by atoms with Crippen LogP contribution >= 0.6 is 0 Å². The first-order valence-corrected chi connectivity index (χ1v) is 5.96. The van der Waals surface area contributed by atoms with Crippen LogP contribution in [0.25, 0.3) is 0 Å². The molecule has 0 saturated carbocycles. The van der Waals surface area contributed by atoms with Crippen molar-refractivity contribution in [2.24, 2.45) is 11.3 Å². The summed E-state index contributed by atoms with van der Waals surface area (Å²) >= 11 is 0. The Morgan fingerprint density at radius 3 is 2.67 bits per heavy atom. The summed E-state index contributed by atoms with van der Waals surface area (Å²) in [5.74, 6) is 4.68. The molecule has 1 amide bonds. The van der Waals surface area contributed by atoms with Gasteiger partial charge >= 0.3 is 0 Å². The molecular weight excluding hydrogens is 230 g/mol. The van der Waals surface area contributed by atoms with Crippen molar-refractivity contribution in [2.75, 3.05) is 6.61 Å². The van der Waals surface area contributed by atoms with E-state index in [-0.39, 0.29) is 11.3 Å². The number of ether oxygens (including phenoxy) is 1. The number of amides is 1. The normalized spacial score (nSPS) is 11.3. The van der Waals surface area contributed by atoms with Crippen molar-refractivity contribution in [3.63, 3.8) is 0 Å². The van der Waals surface area contributed by atoms with Crippen molar-refractivity contribution in [3.05, 3.63) is 29.6 Å². The van der Waals surface area contributed by atoms with Gasteiger partial charge in [-0.15, -0.1) is 0 Å². The first-order chi connectivity index (χ1) is 8.42. The highest BCUT2D eigenvalue weighted by molar-refractivity contribution is 5.93. The number of aromatic nitrogens is 1. The van der Waals surface area contributed by atoms with E-state index in [4.69, 9.17) is 10.6 Å². The summed E-state index contributed by atoms with van der Waals surface area (Å²) in [4.78, 5) is 15.3. The number of nitrogens with two attached hydrogens (primary N) is 1. The van der Waals surface area contributed by atoms with Crippen molar-refractivity contribution >= 4 is 5.91 Å². The van der Waals surface area contributed by atoms with Crippen LogP contribution < -0.4 is 11.3 Å². The second kappa shape index (κ2) is 6.47. The molecular formula is C13H21N3O2. The maximum Gasteiger partial charge on any atom is 0.266 e. The van der Waals surface area contributed by atoms with Crippen LogP contribution in [0.2, 0.25) is 0 Å². The number of hydrogen-bond acceptors (Lipinski definition) is 4. The summed E-state index contributed by atoms with van der Waals surface area (Å²) in [5, 5.41) is 0. The van der Waals surface area contributed by atoms with E-state index in [1.165, 1.54) is 6.20 Å². The molecule has 0 radical (unpaired) electrons. The lowest BCUT2D eigenvalue weighted by Gasteiger charge is -2.17. The monoisotopic (exact) mass is 251 g/mol. The SMILES string of the molecule is CC(C)(C)CCOCc1ccc(C(=O)NN)cn1. The predicted molar refractivity (Wildman–Crippen MR) is 69.6 cm³/mol. The summed E-state index contributed by atoms with van der Waals surface area (Å²) < 4.78 is 5.53. The molecule has 0 fully saturated rings. The van der Waals surface area contributed by atoms with Crippen molar-refractivity contribution in [1.29, 1.82) is 0 Å². The largest absolute Gasteiger partial charge is 0.375 e. The van der Waals surface area contributed by atoms with E-state index in [9.17, 15) is 4.79 Å². The molecule has 0 aliphatic carbocycles. The van der Waals surface area contributed by atoms with E-state index in [0.29, 0.717) is 18.8 Å².